The molecule has 3 aromatic rings. The van der Waals surface area contributed by atoms with Gasteiger partial charge in [0.25, 0.3) is 0 Å². The van der Waals surface area contributed by atoms with Crippen molar-refractivity contribution in [3.8, 4) is 0 Å². The summed E-state index contributed by atoms with van der Waals surface area (Å²) in [6.07, 6.45) is 1.28. The molecule has 11 heteroatoms. The molecule has 0 radical (unpaired) electrons. The van der Waals surface area contributed by atoms with Gasteiger partial charge in [0.05, 0.1) is 12.3 Å². The second-order valence-electron chi connectivity index (χ2n) is 12.5. The summed E-state index contributed by atoms with van der Waals surface area (Å²) in [5.74, 6) is -4.11. The molecule has 1 aliphatic rings. The molecule has 2 aromatic carbocycles. The molecule has 45 heavy (non-hydrogen) atoms. The number of para-hydroxylation sites is 1. The molecular formula is C34H44N6O5. The van der Waals surface area contributed by atoms with Crippen molar-refractivity contribution < 1.29 is 24.0 Å². The van der Waals surface area contributed by atoms with Crippen LogP contribution in [-0.4, -0.2) is 52.1 Å². The smallest absolute Gasteiger partial charge is 0.246 e. The Morgan fingerprint density at radius 1 is 0.911 bits per heavy atom. The number of primary amides is 2. The zero-order valence-electron chi connectivity index (χ0n) is 26.3. The van der Waals surface area contributed by atoms with Crippen molar-refractivity contribution in [3.05, 3.63) is 71.4 Å². The van der Waals surface area contributed by atoms with Crippen LogP contribution in [0, 0.1) is 11.8 Å². The van der Waals surface area contributed by atoms with Gasteiger partial charge < -0.3 is 32.4 Å². The Balaban J connectivity index is 1.71. The first-order valence-corrected chi connectivity index (χ1v) is 15.5. The zero-order valence-corrected chi connectivity index (χ0v) is 26.3. The van der Waals surface area contributed by atoms with Crippen LogP contribution < -0.4 is 27.4 Å². The molecule has 5 atom stereocenters. The van der Waals surface area contributed by atoms with Gasteiger partial charge in [0.1, 0.15) is 17.6 Å². The quantitative estimate of drug-likeness (QED) is 0.172. The third kappa shape index (κ3) is 7.35. The number of aromatic nitrogens is 1. The molecule has 0 fully saturated rings. The minimum absolute atomic E-state index is 0.00932. The van der Waals surface area contributed by atoms with Gasteiger partial charge in [-0.05, 0) is 41.9 Å². The van der Waals surface area contributed by atoms with Crippen LogP contribution >= 0.6 is 0 Å². The highest BCUT2D eigenvalue weighted by Gasteiger charge is 2.46. The molecule has 1 aromatic heterocycles. The summed E-state index contributed by atoms with van der Waals surface area (Å²) >= 11 is 0. The maximum Gasteiger partial charge on any atom is 0.246 e. The van der Waals surface area contributed by atoms with E-state index in [-0.39, 0.29) is 18.2 Å². The van der Waals surface area contributed by atoms with E-state index in [1.165, 1.54) is 0 Å². The number of H-pyrrole nitrogens is 1. The van der Waals surface area contributed by atoms with Gasteiger partial charge >= 0.3 is 0 Å². The number of hydrogen-bond donors (Lipinski definition) is 6. The van der Waals surface area contributed by atoms with E-state index in [0.29, 0.717) is 12.8 Å². The maximum absolute atomic E-state index is 14.5. The van der Waals surface area contributed by atoms with Crippen molar-refractivity contribution in [2.45, 2.75) is 83.3 Å². The first-order chi connectivity index (χ1) is 21.4. The molecule has 240 valence electrons. The third-order valence-electron chi connectivity index (χ3n) is 8.93. The third-order valence-corrected chi connectivity index (χ3v) is 8.93. The van der Waals surface area contributed by atoms with Gasteiger partial charge in [0.15, 0.2) is 0 Å². The van der Waals surface area contributed by atoms with Crippen LogP contribution in [0.15, 0.2) is 54.6 Å². The van der Waals surface area contributed by atoms with Crippen LogP contribution in [0.4, 0.5) is 0 Å². The lowest BCUT2D eigenvalue weighted by Gasteiger charge is -2.39. The molecule has 5 amide bonds. The predicted octanol–water partition coefficient (Wildman–Crippen LogP) is 2.33. The average Bonchev–Trinajstić information content (AvgIpc) is 3.37. The fraction of sp³-hybridized carbons (Fsp3) is 0.441. The Labute approximate surface area is 263 Å². The number of aromatic amines is 1. The van der Waals surface area contributed by atoms with E-state index in [2.05, 4.69) is 20.9 Å². The summed E-state index contributed by atoms with van der Waals surface area (Å²) in [6, 6.07) is 14.9. The Morgan fingerprint density at radius 2 is 1.58 bits per heavy atom. The number of nitrogens with two attached hydrogens (primary N) is 2. The summed E-state index contributed by atoms with van der Waals surface area (Å²) in [7, 11) is 0. The van der Waals surface area contributed by atoms with Crippen molar-refractivity contribution in [1.82, 2.24) is 20.9 Å². The van der Waals surface area contributed by atoms with E-state index in [4.69, 9.17) is 11.5 Å². The second-order valence-corrected chi connectivity index (χ2v) is 12.5. The summed E-state index contributed by atoms with van der Waals surface area (Å²) in [6.45, 7) is 7.54. The molecule has 0 saturated carbocycles. The maximum atomic E-state index is 14.5. The van der Waals surface area contributed by atoms with Crippen molar-refractivity contribution in [2.24, 2.45) is 23.3 Å². The molecule has 11 nitrogen and oxygen atoms in total. The number of hydrogen-bond acceptors (Lipinski definition) is 5. The van der Waals surface area contributed by atoms with Crippen LogP contribution in [0.5, 0.6) is 0 Å². The van der Waals surface area contributed by atoms with Crippen molar-refractivity contribution in [3.63, 3.8) is 0 Å². The summed E-state index contributed by atoms with van der Waals surface area (Å²) in [4.78, 5) is 69.0. The van der Waals surface area contributed by atoms with Crippen LogP contribution in [0.25, 0.3) is 10.9 Å². The number of fused-ring (bicyclic) bond motifs is 3. The van der Waals surface area contributed by atoms with E-state index < -0.39 is 59.5 Å². The normalized spacial score (nSPS) is 18.7. The van der Waals surface area contributed by atoms with Crippen LogP contribution in [0.3, 0.4) is 0 Å². The van der Waals surface area contributed by atoms with Gasteiger partial charge in [0.2, 0.25) is 29.5 Å². The number of carbonyl (C=O) groups is 5. The van der Waals surface area contributed by atoms with Gasteiger partial charge in [-0.25, -0.2) is 0 Å². The molecule has 1 aliphatic carbocycles. The summed E-state index contributed by atoms with van der Waals surface area (Å²) < 4.78 is 0. The summed E-state index contributed by atoms with van der Waals surface area (Å²) in [5.41, 5.74) is 13.0. The van der Waals surface area contributed by atoms with E-state index in [9.17, 15) is 24.0 Å². The Kier molecular flexibility index (Phi) is 10.3. The molecule has 0 saturated heterocycles. The highest BCUT2D eigenvalue weighted by Crippen LogP contribution is 2.36. The lowest BCUT2D eigenvalue weighted by molar-refractivity contribution is -0.138. The number of rotatable bonds is 13. The van der Waals surface area contributed by atoms with Crippen LogP contribution in [0.1, 0.15) is 69.7 Å². The molecule has 0 spiro atoms. The van der Waals surface area contributed by atoms with Gasteiger partial charge in [-0.1, -0.05) is 82.6 Å². The number of benzene rings is 2. The molecule has 2 unspecified atom stereocenters. The standard InChI is InChI=1S/C34H44N6O5/c1-5-20(4)28(21-11-7-6-8-12-21)31(43)40-34(16-15-25-23(18-34)22-13-9-10-14-24(22)37-25)33(45)39-29(19(2)3)32(44)38-26(30(36)42)17-27(35)41/h6-14,19-20,26,28-29,37H,5,15-18H2,1-4H3,(H2,35,41)(H2,36,42)(H,38,44)(H,39,45)(H,40,43)/t20?,26-,28?,29-,34-/m0/s1. The number of amides is 5. The van der Waals surface area contributed by atoms with Gasteiger partial charge in [0, 0.05) is 23.0 Å². The largest absolute Gasteiger partial charge is 0.370 e. The SMILES string of the molecule is CCC(C)C(C(=O)N[C@@]1(C(=O)N[C@H](C(=O)N[C@@H](CC(N)=O)C(N)=O)C(C)C)CCc2[nH]c3ccccc3c2C1)c1ccccc1. The molecule has 4 rings (SSSR count). The van der Waals surface area contributed by atoms with E-state index >= 15 is 0 Å². The van der Waals surface area contributed by atoms with Crippen molar-refractivity contribution in [2.75, 3.05) is 0 Å². The minimum atomic E-state index is -1.38. The van der Waals surface area contributed by atoms with Crippen molar-refractivity contribution >= 4 is 40.4 Å². The Hall–Kier alpha value is -4.67. The molecular weight excluding hydrogens is 572 g/mol. The van der Waals surface area contributed by atoms with Gasteiger partial charge in [-0.3, -0.25) is 24.0 Å². The Morgan fingerprint density at radius 3 is 2.20 bits per heavy atom. The zero-order chi connectivity index (χ0) is 32.9. The molecule has 8 N–H and O–H groups in total. The van der Waals surface area contributed by atoms with Gasteiger partial charge in [-0.15, -0.1) is 0 Å². The van der Waals surface area contributed by atoms with Gasteiger partial charge in [-0.2, -0.15) is 0 Å². The van der Waals surface area contributed by atoms with E-state index in [1.807, 2.05) is 68.4 Å². The fourth-order valence-corrected chi connectivity index (χ4v) is 6.20. The number of nitrogens with one attached hydrogen (secondary N) is 4. The fourth-order valence-electron chi connectivity index (χ4n) is 6.20. The molecule has 1 heterocycles. The van der Waals surface area contributed by atoms with Crippen LogP contribution in [0.2, 0.25) is 0 Å². The lowest BCUT2D eigenvalue weighted by Crippen LogP contribution is -2.66. The number of aryl methyl sites for hydroxylation is 1. The monoisotopic (exact) mass is 616 g/mol. The highest BCUT2D eigenvalue weighted by molar-refractivity contribution is 5.99. The van der Waals surface area contributed by atoms with E-state index in [0.717, 1.165) is 34.1 Å². The lowest BCUT2D eigenvalue weighted by atomic mass is 9.77. The predicted molar refractivity (Wildman–Crippen MR) is 172 cm³/mol. The molecule has 0 bridgehead atoms. The Bertz CT molecular complexity index is 1570. The average molecular weight is 617 g/mol. The first kappa shape index (κ1) is 33.2. The van der Waals surface area contributed by atoms with E-state index in [1.54, 1.807) is 13.8 Å². The van der Waals surface area contributed by atoms with Crippen molar-refractivity contribution in [1.29, 1.82) is 0 Å². The minimum Gasteiger partial charge on any atom is -0.370 e. The topological polar surface area (TPSA) is 189 Å². The highest BCUT2D eigenvalue weighted by atomic mass is 16.2. The van der Waals surface area contributed by atoms with Crippen LogP contribution in [-0.2, 0) is 36.8 Å². The number of carbonyl (C=O) groups excluding carboxylic acids is 5. The summed E-state index contributed by atoms with van der Waals surface area (Å²) in [5, 5.41) is 9.49. The molecule has 0 aliphatic heterocycles. The first-order valence-electron chi connectivity index (χ1n) is 15.5. The second kappa shape index (κ2) is 14.0.